The van der Waals surface area contributed by atoms with Crippen molar-refractivity contribution in [2.45, 2.75) is 32.7 Å². The fraction of sp³-hybridized carbons (Fsp3) is 0.615. The van der Waals surface area contributed by atoms with Crippen molar-refractivity contribution in [1.29, 1.82) is 0 Å². The Morgan fingerprint density at radius 2 is 2.25 bits per heavy atom. The van der Waals surface area contributed by atoms with E-state index in [1.807, 2.05) is 13.1 Å². The Labute approximate surface area is 96.9 Å². The fourth-order valence-electron chi connectivity index (χ4n) is 1.99. The molecule has 0 spiro atoms. The van der Waals surface area contributed by atoms with Crippen LogP contribution in [0, 0.1) is 12.3 Å². The molecule has 1 aliphatic rings. The molecule has 0 bridgehead atoms. The Morgan fingerprint density at radius 1 is 1.44 bits per heavy atom. The molecule has 1 aromatic heterocycles. The highest BCUT2D eigenvalue weighted by atomic mass is 16.3. The van der Waals surface area contributed by atoms with Crippen molar-refractivity contribution < 1.29 is 5.11 Å². The molecule has 0 radical (unpaired) electrons. The van der Waals surface area contributed by atoms with Gasteiger partial charge in [0.05, 0.1) is 5.69 Å². The largest absolute Gasteiger partial charge is 0.396 e. The number of rotatable bonds is 6. The average Bonchev–Trinajstić information content (AvgIpc) is 3.02. The highest BCUT2D eigenvalue weighted by molar-refractivity contribution is 5.12. The quantitative estimate of drug-likeness (QED) is 0.766. The number of aliphatic hydroxyl groups excluding tert-OH is 1. The van der Waals surface area contributed by atoms with Gasteiger partial charge in [0.25, 0.3) is 0 Å². The van der Waals surface area contributed by atoms with Crippen molar-refractivity contribution in [3.8, 4) is 0 Å². The number of aromatic nitrogens is 1. The normalized spacial score (nSPS) is 17.4. The fourth-order valence-corrected chi connectivity index (χ4v) is 1.99. The van der Waals surface area contributed by atoms with Gasteiger partial charge in [0.1, 0.15) is 0 Å². The second-order valence-electron chi connectivity index (χ2n) is 4.90. The molecule has 1 aromatic rings. The van der Waals surface area contributed by atoms with E-state index in [1.54, 1.807) is 0 Å². The molecule has 0 unspecified atom stereocenters. The van der Waals surface area contributed by atoms with E-state index in [1.165, 1.54) is 18.4 Å². The molecule has 2 N–H and O–H groups in total. The van der Waals surface area contributed by atoms with Gasteiger partial charge in [-0.1, -0.05) is 6.07 Å². The molecule has 1 aliphatic carbocycles. The first-order chi connectivity index (χ1) is 7.74. The molecule has 0 saturated heterocycles. The molecule has 2 rings (SSSR count). The first-order valence-electron chi connectivity index (χ1n) is 5.97. The predicted octanol–water partition coefficient (Wildman–Crippen LogP) is 1.64. The van der Waals surface area contributed by atoms with Crippen LogP contribution in [-0.4, -0.2) is 23.2 Å². The zero-order chi connectivity index (χ0) is 11.4. The zero-order valence-corrected chi connectivity index (χ0v) is 9.87. The minimum absolute atomic E-state index is 0.310. The minimum atomic E-state index is 0.310. The van der Waals surface area contributed by atoms with Crippen LogP contribution >= 0.6 is 0 Å². The number of hydrogen-bond donors (Lipinski definition) is 2. The van der Waals surface area contributed by atoms with Crippen molar-refractivity contribution in [1.82, 2.24) is 10.3 Å². The number of aryl methyl sites for hydroxylation is 1. The topological polar surface area (TPSA) is 45.1 Å². The van der Waals surface area contributed by atoms with Gasteiger partial charge in [0.2, 0.25) is 0 Å². The van der Waals surface area contributed by atoms with Gasteiger partial charge in [0, 0.05) is 25.9 Å². The Kier molecular flexibility index (Phi) is 3.56. The summed E-state index contributed by atoms with van der Waals surface area (Å²) in [6.45, 7) is 4.19. The second kappa shape index (κ2) is 4.93. The number of aliphatic hydroxyl groups is 1. The number of hydrogen-bond acceptors (Lipinski definition) is 3. The van der Waals surface area contributed by atoms with Gasteiger partial charge in [-0.15, -0.1) is 0 Å². The molecular weight excluding hydrogens is 200 g/mol. The lowest BCUT2D eigenvalue weighted by Crippen LogP contribution is -2.24. The van der Waals surface area contributed by atoms with Gasteiger partial charge in [-0.2, -0.15) is 0 Å². The van der Waals surface area contributed by atoms with Crippen LogP contribution in [0.15, 0.2) is 18.3 Å². The van der Waals surface area contributed by atoms with Crippen LogP contribution in [0.3, 0.4) is 0 Å². The summed E-state index contributed by atoms with van der Waals surface area (Å²) in [7, 11) is 0. The summed E-state index contributed by atoms with van der Waals surface area (Å²) in [6, 6.07) is 4.15. The summed E-state index contributed by atoms with van der Waals surface area (Å²) in [5.74, 6) is 0. The summed E-state index contributed by atoms with van der Waals surface area (Å²) < 4.78 is 0. The average molecular weight is 220 g/mol. The van der Waals surface area contributed by atoms with Crippen LogP contribution in [0.5, 0.6) is 0 Å². The van der Waals surface area contributed by atoms with Crippen molar-refractivity contribution in [2.24, 2.45) is 5.41 Å². The number of nitrogens with zero attached hydrogens (tertiary/aromatic N) is 1. The Hall–Kier alpha value is -0.930. The standard InChI is InChI=1S/C13H20N2O/c1-11-2-3-12(15-8-11)9-14-10-13(4-5-13)6-7-16/h2-3,8,14,16H,4-7,9-10H2,1H3. The van der Waals surface area contributed by atoms with Gasteiger partial charge in [-0.3, -0.25) is 4.98 Å². The van der Waals surface area contributed by atoms with E-state index >= 15 is 0 Å². The molecule has 0 aliphatic heterocycles. The van der Waals surface area contributed by atoms with Crippen LogP contribution in [0.25, 0.3) is 0 Å². The Bertz CT molecular complexity index is 330. The van der Waals surface area contributed by atoms with Gasteiger partial charge in [-0.25, -0.2) is 0 Å². The SMILES string of the molecule is Cc1ccc(CNCC2(CCO)CC2)nc1. The first kappa shape index (κ1) is 11.6. The van der Waals surface area contributed by atoms with Crippen molar-refractivity contribution in [3.05, 3.63) is 29.6 Å². The third-order valence-corrected chi connectivity index (χ3v) is 3.38. The lowest BCUT2D eigenvalue weighted by Gasteiger charge is -2.14. The van der Waals surface area contributed by atoms with Crippen LogP contribution in [0.1, 0.15) is 30.5 Å². The van der Waals surface area contributed by atoms with Crippen molar-refractivity contribution >= 4 is 0 Å². The van der Waals surface area contributed by atoms with E-state index in [-0.39, 0.29) is 0 Å². The third-order valence-electron chi connectivity index (χ3n) is 3.38. The molecule has 88 valence electrons. The van der Waals surface area contributed by atoms with Crippen LogP contribution < -0.4 is 5.32 Å². The molecule has 16 heavy (non-hydrogen) atoms. The molecule has 3 heteroatoms. The first-order valence-corrected chi connectivity index (χ1v) is 5.97. The third kappa shape index (κ3) is 3.03. The molecule has 3 nitrogen and oxygen atoms in total. The van der Waals surface area contributed by atoms with E-state index in [9.17, 15) is 0 Å². The summed E-state index contributed by atoms with van der Waals surface area (Å²) in [4.78, 5) is 4.35. The lowest BCUT2D eigenvalue weighted by atomic mass is 10.0. The van der Waals surface area contributed by atoms with Crippen LogP contribution in [-0.2, 0) is 6.54 Å². The summed E-state index contributed by atoms with van der Waals surface area (Å²) in [5.41, 5.74) is 2.67. The van der Waals surface area contributed by atoms with Crippen LogP contribution in [0.2, 0.25) is 0 Å². The molecule has 0 aromatic carbocycles. The summed E-state index contributed by atoms with van der Waals surface area (Å²) >= 11 is 0. The second-order valence-corrected chi connectivity index (χ2v) is 4.90. The molecular formula is C13H20N2O. The maximum Gasteiger partial charge on any atom is 0.0541 e. The zero-order valence-electron chi connectivity index (χ0n) is 9.87. The van der Waals surface area contributed by atoms with Crippen LogP contribution in [0.4, 0.5) is 0 Å². The number of nitrogens with one attached hydrogen (secondary N) is 1. The van der Waals surface area contributed by atoms with E-state index < -0.39 is 0 Å². The minimum Gasteiger partial charge on any atom is -0.396 e. The smallest absolute Gasteiger partial charge is 0.0541 e. The monoisotopic (exact) mass is 220 g/mol. The highest BCUT2D eigenvalue weighted by Crippen LogP contribution is 2.47. The molecule has 1 heterocycles. The molecule has 1 fully saturated rings. The molecule has 1 saturated carbocycles. The molecule has 0 atom stereocenters. The maximum atomic E-state index is 8.95. The Morgan fingerprint density at radius 3 is 2.81 bits per heavy atom. The van der Waals surface area contributed by atoms with Gasteiger partial charge in [-0.05, 0) is 43.2 Å². The van der Waals surface area contributed by atoms with E-state index in [0.29, 0.717) is 12.0 Å². The summed E-state index contributed by atoms with van der Waals surface area (Å²) in [5, 5.41) is 12.4. The van der Waals surface area contributed by atoms with E-state index in [2.05, 4.69) is 22.4 Å². The maximum absolute atomic E-state index is 8.95. The summed E-state index contributed by atoms with van der Waals surface area (Å²) in [6.07, 6.45) is 5.34. The van der Waals surface area contributed by atoms with Crippen molar-refractivity contribution in [3.63, 3.8) is 0 Å². The Balaban J connectivity index is 1.74. The van der Waals surface area contributed by atoms with Gasteiger partial charge in [0.15, 0.2) is 0 Å². The predicted molar refractivity (Wildman–Crippen MR) is 64.1 cm³/mol. The molecule has 0 amide bonds. The lowest BCUT2D eigenvalue weighted by molar-refractivity contribution is 0.245. The van der Waals surface area contributed by atoms with E-state index in [4.69, 9.17) is 5.11 Å². The number of pyridine rings is 1. The van der Waals surface area contributed by atoms with Crippen molar-refractivity contribution in [2.75, 3.05) is 13.2 Å². The van der Waals surface area contributed by atoms with E-state index in [0.717, 1.165) is 25.2 Å². The highest BCUT2D eigenvalue weighted by Gasteiger charge is 2.41. The van der Waals surface area contributed by atoms with Gasteiger partial charge < -0.3 is 10.4 Å². The van der Waals surface area contributed by atoms with Gasteiger partial charge >= 0.3 is 0 Å².